The van der Waals surface area contributed by atoms with E-state index >= 15 is 0 Å². The Hall–Kier alpha value is -2.31. The molecule has 0 atom stereocenters. The number of aromatic nitrogens is 2. The van der Waals surface area contributed by atoms with Gasteiger partial charge in [0.15, 0.2) is 0 Å². The Labute approximate surface area is 118 Å². The molecule has 1 aromatic carbocycles. The fraction of sp³-hybridized carbons (Fsp3) is 0.286. The van der Waals surface area contributed by atoms with Gasteiger partial charge < -0.3 is 9.67 Å². The highest BCUT2D eigenvalue weighted by atomic mass is 19.4. The average molecular weight is 298 g/mol. The number of aliphatic carboxylic acids is 1. The number of imidazole rings is 1. The van der Waals surface area contributed by atoms with Crippen LogP contribution in [0.1, 0.15) is 17.7 Å². The maximum Gasteiger partial charge on any atom is 0.416 e. The highest BCUT2D eigenvalue weighted by Gasteiger charge is 2.30. The molecule has 0 bridgehead atoms. The number of carboxylic acids is 1. The van der Waals surface area contributed by atoms with Crippen molar-refractivity contribution in [1.29, 1.82) is 0 Å². The average Bonchev–Trinajstić information content (AvgIpc) is 2.77. The summed E-state index contributed by atoms with van der Waals surface area (Å²) in [6.45, 7) is 0. The van der Waals surface area contributed by atoms with Gasteiger partial charge in [0, 0.05) is 24.5 Å². The van der Waals surface area contributed by atoms with Gasteiger partial charge in [0.1, 0.15) is 5.82 Å². The van der Waals surface area contributed by atoms with Crippen LogP contribution in [0.2, 0.25) is 0 Å². The van der Waals surface area contributed by atoms with E-state index in [0.717, 1.165) is 12.1 Å². The minimum absolute atomic E-state index is 0.0218. The van der Waals surface area contributed by atoms with Crippen molar-refractivity contribution in [3.8, 4) is 11.4 Å². The molecule has 4 nitrogen and oxygen atoms in total. The molecule has 0 fully saturated rings. The van der Waals surface area contributed by atoms with Crippen LogP contribution in [0.25, 0.3) is 11.4 Å². The molecule has 0 radical (unpaired) electrons. The van der Waals surface area contributed by atoms with Crippen LogP contribution in [0.4, 0.5) is 13.2 Å². The number of nitrogens with zero attached hydrogens (tertiary/aromatic N) is 2. The first kappa shape index (κ1) is 15.1. The van der Waals surface area contributed by atoms with Gasteiger partial charge in [-0.3, -0.25) is 4.79 Å². The summed E-state index contributed by atoms with van der Waals surface area (Å²) in [5.41, 5.74) is 0.547. The molecule has 0 saturated carbocycles. The van der Waals surface area contributed by atoms with Crippen LogP contribution < -0.4 is 0 Å². The number of halogens is 3. The Morgan fingerprint density at radius 2 is 1.90 bits per heavy atom. The summed E-state index contributed by atoms with van der Waals surface area (Å²) in [7, 11) is 1.71. The first-order valence-electron chi connectivity index (χ1n) is 6.19. The third-order valence-electron chi connectivity index (χ3n) is 3.15. The molecule has 0 unspecified atom stereocenters. The minimum atomic E-state index is -4.37. The van der Waals surface area contributed by atoms with Gasteiger partial charge in [-0.1, -0.05) is 12.1 Å². The quantitative estimate of drug-likeness (QED) is 0.943. The molecule has 2 aromatic rings. The van der Waals surface area contributed by atoms with Crippen molar-refractivity contribution in [2.24, 2.45) is 7.05 Å². The number of hydrogen-bond acceptors (Lipinski definition) is 2. The lowest BCUT2D eigenvalue weighted by molar-refractivity contribution is -0.138. The highest BCUT2D eigenvalue weighted by molar-refractivity contribution is 5.67. The van der Waals surface area contributed by atoms with Crippen molar-refractivity contribution in [3.63, 3.8) is 0 Å². The van der Waals surface area contributed by atoms with Crippen molar-refractivity contribution in [3.05, 3.63) is 41.7 Å². The summed E-state index contributed by atoms with van der Waals surface area (Å²) in [4.78, 5) is 14.7. The van der Waals surface area contributed by atoms with Gasteiger partial charge in [-0.15, -0.1) is 0 Å². The van der Waals surface area contributed by atoms with E-state index in [4.69, 9.17) is 5.11 Å². The van der Waals surface area contributed by atoms with E-state index in [9.17, 15) is 18.0 Å². The lowest BCUT2D eigenvalue weighted by atomic mass is 10.1. The zero-order chi connectivity index (χ0) is 15.6. The first-order valence-corrected chi connectivity index (χ1v) is 6.19. The van der Waals surface area contributed by atoms with E-state index in [1.54, 1.807) is 11.6 Å². The van der Waals surface area contributed by atoms with E-state index in [1.807, 2.05) is 0 Å². The van der Waals surface area contributed by atoms with Crippen molar-refractivity contribution in [2.75, 3.05) is 0 Å². The molecule has 0 aliphatic carbocycles. The summed E-state index contributed by atoms with van der Waals surface area (Å²) in [5.74, 6) is -0.406. The van der Waals surface area contributed by atoms with Crippen molar-refractivity contribution < 1.29 is 23.1 Å². The van der Waals surface area contributed by atoms with Crippen LogP contribution in [0.5, 0.6) is 0 Å². The number of carboxylic acid groups (broad SMARTS) is 1. The summed E-state index contributed by atoms with van der Waals surface area (Å²) in [6.07, 6.45) is -2.53. The van der Waals surface area contributed by atoms with E-state index in [0.29, 0.717) is 23.5 Å². The molecule has 1 aromatic heterocycles. The smallest absolute Gasteiger partial charge is 0.416 e. The third kappa shape index (κ3) is 3.42. The van der Waals surface area contributed by atoms with Gasteiger partial charge in [0.25, 0.3) is 0 Å². The van der Waals surface area contributed by atoms with Gasteiger partial charge in [0.2, 0.25) is 0 Å². The molecular weight excluding hydrogens is 285 g/mol. The van der Waals surface area contributed by atoms with Crippen LogP contribution in [0, 0.1) is 0 Å². The van der Waals surface area contributed by atoms with Gasteiger partial charge in [0.05, 0.1) is 12.0 Å². The predicted octanol–water partition coefficient (Wildman–Crippen LogP) is 3.12. The lowest BCUT2D eigenvalue weighted by Gasteiger charge is -2.08. The third-order valence-corrected chi connectivity index (χ3v) is 3.15. The predicted molar refractivity (Wildman–Crippen MR) is 69.6 cm³/mol. The Morgan fingerprint density at radius 3 is 2.43 bits per heavy atom. The number of alkyl halides is 3. The van der Waals surface area contributed by atoms with Crippen LogP contribution in [-0.4, -0.2) is 20.6 Å². The Kier molecular flexibility index (Phi) is 4.02. The second-order valence-electron chi connectivity index (χ2n) is 4.60. The number of hydrogen-bond donors (Lipinski definition) is 1. The Balaban J connectivity index is 2.24. The maximum atomic E-state index is 12.5. The molecule has 0 saturated heterocycles. The largest absolute Gasteiger partial charge is 0.481 e. The molecule has 112 valence electrons. The molecule has 0 aliphatic heterocycles. The number of carbonyl (C=O) groups is 1. The highest BCUT2D eigenvalue weighted by Crippen LogP contribution is 2.30. The van der Waals surface area contributed by atoms with Gasteiger partial charge in [-0.2, -0.15) is 13.2 Å². The minimum Gasteiger partial charge on any atom is -0.481 e. The maximum absolute atomic E-state index is 12.5. The summed E-state index contributed by atoms with van der Waals surface area (Å²) in [6, 6.07) is 4.71. The number of rotatable bonds is 4. The van der Waals surface area contributed by atoms with Crippen LogP contribution >= 0.6 is 0 Å². The number of benzene rings is 1. The molecule has 2 rings (SSSR count). The van der Waals surface area contributed by atoms with Crippen molar-refractivity contribution in [2.45, 2.75) is 19.0 Å². The van der Waals surface area contributed by atoms with E-state index in [2.05, 4.69) is 4.98 Å². The first-order chi connectivity index (χ1) is 9.79. The lowest BCUT2D eigenvalue weighted by Crippen LogP contribution is -2.05. The fourth-order valence-electron chi connectivity index (χ4n) is 1.99. The molecule has 21 heavy (non-hydrogen) atoms. The molecule has 0 aliphatic rings. The topological polar surface area (TPSA) is 55.1 Å². The second-order valence-corrected chi connectivity index (χ2v) is 4.60. The van der Waals surface area contributed by atoms with Crippen molar-refractivity contribution >= 4 is 5.97 Å². The molecular formula is C14H13F3N2O2. The van der Waals surface area contributed by atoms with Crippen LogP contribution in [-0.2, 0) is 24.4 Å². The van der Waals surface area contributed by atoms with Gasteiger partial charge >= 0.3 is 12.1 Å². The zero-order valence-electron chi connectivity index (χ0n) is 11.2. The summed E-state index contributed by atoms with van der Waals surface area (Å²) < 4.78 is 39.2. The molecule has 0 spiro atoms. The van der Waals surface area contributed by atoms with E-state index in [-0.39, 0.29) is 6.42 Å². The van der Waals surface area contributed by atoms with Gasteiger partial charge in [-0.25, -0.2) is 4.98 Å². The van der Waals surface area contributed by atoms with E-state index < -0.39 is 17.7 Å². The normalized spacial score (nSPS) is 11.6. The standard InChI is InChI=1S/C14H13F3N2O2/c1-19-11(6-7-12(20)21)8-18-13(19)9-2-4-10(5-3-9)14(15,16)17/h2-5,8H,6-7H2,1H3,(H,20,21). The van der Waals surface area contributed by atoms with Crippen LogP contribution in [0.15, 0.2) is 30.5 Å². The van der Waals surface area contributed by atoms with E-state index in [1.165, 1.54) is 18.3 Å². The monoisotopic (exact) mass is 298 g/mol. The Bertz CT molecular complexity index is 645. The summed E-state index contributed by atoms with van der Waals surface area (Å²) in [5, 5.41) is 8.66. The number of aryl methyl sites for hydroxylation is 1. The second kappa shape index (κ2) is 5.59. The molecule has 1 heterocycles. The van der Waals surface area contributed by atoms with Crippen molar-refractivity contribution in [1.82, 2.24) is 9.55 Å². The van der Waals surface area contributed by atoms with Crippen LogP contribution in [0.3, 0.4) is 0 Å². The molecule has 1 N–H and O–H groups in total. The molecule has 0 amide bonds. The SMILES string of the molecule is Cn1c(CCC(=O)O)cnc1-c1ccc(C(F)(F)F)cc1. The fourth-order valence-corrected chi connectivity index (χ4v) is 1.99. The van der Waals surface area contributed by atoms with Gasteiger partial charge in [-0.05, 0) is 18.6 Å². The molecule has 7 heteroatoms. The summed E-state index contributed by atoms with van der Waals surface area (Å²) >= 11 is 0. The Morgan fingerprint density at radius 1 is 1.29 bits per heavy atom. The zero-order valence-corrected chi connectivity index (χ0v) is 11.2.